The number of rotatable bonds is 5. The molecule has 2 N–H and O–H groups in total. The second-order valence-electron chi connectivity index (χ2n) is 7.95. The molecule has 1 aromatic carbocycles. The number of nitrogens with zero attached hydrogens (tertiary/aromatic N) is 4. The van der Waals surface area contributed by atoms with Crippen LogP contribution in [0.1, 0.15) is 25.0 Å². The zero-order valence-corrected chi connectivity index (χ0v) is 18.6. The van der Waals surface area contributed by atoms with Gasteiger partial charge in [-0.1, -0.05) is 37.8 Å². The van der Waals surface area contributed by atoms with Crippen LogP contribution in [0.2, 0.25) is 0 Å². The Hall–Kier alpha value is -4.32. The topological polar surface area (TPSA) is 83.1 Å². The Morgan fingerprint density at radius 3 is 2.82 bits per heavy atom. The first-order valence-corrected chi connectivity index (χ1v) is 10.9. The van der Waals surface area contributed by atoms with Crippen LogP contribution in [-0.2, 0) is 6.42 Å². The lowest BCUT2D eigenvalue weighted by molar-refractivity contribution is 1.06. The Kier molecular flexibility index (Phi) is 5.40. The molecule has 0 atom stereocenters. The number of H-pyrrole nitrogens is 2. The van der Waals surface area contributed by atoms with Gasteiger partial charge in [0, 0.05) is 41.1 Å². The lowest BCUT2D eigenvalue weighted by Gasteiger charge is -2.02. The van der Waals surface area contributed by atoms with Crippen molar-refractivity contribution < 1.29 is 0 Å². The number of nitrogens with one attached hydrogen (secondary N) is 2. The highest BCUT2D eigenvalue weighted by atomic mass is 15.1. The van der Waals surface area contributed by atoms with Gasteiger partial charge in [-0.25, -0.2) is 4.98 Å². The average Bonchev–Trinajstić information content (AvgIpc) is 3.46. The van der Waals surface area contributed by atoms with Crippen LogP contribution in [0.25, 0.3) is 51.9 Å². The van der Waals surface area contributed by atoms with E-state index in [0.717, 1.165) is 50.3 Å². The molecule has 0 saturated heterocycles. The molecule has 0 radical (unpaired) electrons. The Morgan fingerprint density at radius 1 is 1.09 bits per heavy atom. The number of fused-ring (bicyclic) bond motifs is 1. The van der Waals surface area contributed by atoms with Gasteiger partial charge >= 0.3 is 0 Å². The molecule has 4 heterocycles. The summed E-state index contributed by atoms with van der Waals surface area (Å²) in [7, 11) is 0. The molecule has 33 heavy (non-hydrogen) atoms. The van der Waals surface area contributed by atoms with Gasteiger partial charge in [-0.15, -0.1) is 0 Å². The first-order chi connectivity index (χ1) is 16.1. The zero-order chi connectivity index (χ0) is 22.8. The molecule has 0 amide bonds. The van der Waals surface area contributed by atoms with Gasteiger partial charge in [0.1, 0.15) is 5.69 Å². The Morgan fingerprint density at radius 2 is 2.00 bits per heavy atom. The number of hydrogen-bond donors (Lipinski definition) is 2. The molecule has 0 bridgehead atoms. The molecular formula is C27H24N6. The summed E-state index contributed by atoms with van der Waals surface area (Å²) in [6.07, 6.45) is 12.4. The Labute approximate surface area is 191 Å². The van der Waals surface area contributed by atoms with Gasteiger partial charge in [0.05, 0.1) is 16.4 Å². The first-order valence-electron chi connectivity index (χ1n) is 10.9. The van der Waals surface area contributed by atoms with Crippen molar-refractivity contribution >= 4 is 29.3 Å². The third-order valence-electron chi connectivity index (χ3n) is 5.77. The maximum Gasteiger partial charge on any atom is 0.159 e. The number of imidazole rings is 1. The van der Waals surface area contributed by atoms with Crippen molar-refractivity contribution in [3.05, 3.63) is 89.0 Å². The number of allylic oxidation sites excluding steroid dienone is 2. The highest BCUT2D eigenvalue weighted by Crippen LogP contribution is 2.28. The van der Waals surface area contributed by atoms with Crippen LogP contribution >= 0.6 is 0 Å². The quantitative estimate of drug-likeness (QED) is 0.435. The first kappa shape index (κ1) is 20.6. The minimum Gasteiger partial charge on any atom is -0.337 e. The summed E-state index contributed by atoms with van der Waals surface area (Å²) in [4.78, 5) is 16.8. The number of aromatic nitrogens is 6. The van der Waals surface area contributed by atoms with Gasteiger partial charge in [0.25, 0.3) is 0 Å². The maximum atomic E-state index is 4.85. The predicted molar refractivity (Wildman–Crippen MR) is 133 cm³/mol. The van der Waals surface area contributed by atoms with Gasteiger partial charge < -0.3 is 4.98 Å². The molecule has 0 fully saturated rings. The smallest absolute Gasteiger partial charge is 0.159 e. The van der Waals surface area contributed by atoms with E-state index in [-0.39, 0.29) is 0 Å². The molecule has 5 aromatic rings. The van der Waals surface area contributed by atoms with E-state index in [1.165, 1.54) is 5.56 Å². The molecule has 0 saturated carbocycles. The fraction of sp³-hybridized carbons (Fsp3) is 0.111. The average molecular weight is 433 g/mol. The third kappa shape index (κ3) is 3.99. The van der Waals surface area contributed by atoms with Crippen LogP contribution < -0.4 is 10.6 Å². The Balaban J connectivity index is 1.52. The van der Waals surface area contributed by atoms with Crippen molar-refractivity contribution in [2.45, 2.75) is 20.3 Å². The second-order valence-corrected chi connectivity index (χ2v) is 7.95. The lowest BCUT2D eigenvalue weighted by atomic mass is 10.1. The number of aromatic amines is 2. The van der Waals surface area contributed by atoms with Crippen LogP contribution in [0.5, 0.6) is 0 Å². The van der Waals surface area contributed by atoms with Crippen molar-refractivity contribution in [1.82, 2.24) is 30.1 Å². The fourth-order valence-electron chi connectivity index (χ4n) is 3.81. The van der Waals surface area contributed by atoms with Crippen molar-refractivity contribution in [3.8, 4) is 22.6 Å². The fourth-order valence-corrected chi connectivity index (χ4v) is 3.81. The molecule has 0 aliphatic carbocycles. The minimum absolute atomic E-state index is 0.683. The molecule has 0 spiro atoms. The summed E-state index contributed by atoms with van der Waals surface area (Å²) in [6.45, 7) is 8.45. The summed E-state index contributed by atoms with van der Waals surface area (Å²) < 4.78 is 0. The molecule has 6 nitrogen and oxygen atoms in total. The van der Waals surface area contributed by atoms with E-state index in [9.17, 15) is 0 Å². The summed E-state index contributed by atoms with van der Waals surface area (Å²) in [5.74, 6) is 0.683. The lowest BCUT2D eigenvalue weighted by Crippen LogP contribution is -2.21. The van der Waals surface area contributed by atoms with Crippen LogP contribution in [0, 0.1) is 0 Å². The molecule has 4 aromatic heterocycles. The van der Waals surface area contributed by atoms with Gasteiger partial charge in [0.2, 0.25) is 0 Å². The molecule has 162 valence electrons. The summed E-state index contributed by atoms with van der Waals surface area (Å²) in [5.41, 5.74) is 8.03. The van der Waals surface area contributed by atoms with Crippen molar-refractivity contribution in [3.63, 3.8) is 0 Å². The SMILES string of the molecule is C=c1c(-c2nc3c(-c4cccnc4)cccc3[nH]2)n[nH]/c1=C/C=C(\C)c1cncc(CC)c1. The van der Waals surface area contributed by atoms with E-state index >= 15 is 0 Å². The number of hydrogen-bond acceptors (Lipinski definition) is 4. The predicted octanol–water partition coefficient (Wildman–Crippen LogP) is 4.27. The molecule has 0 unspecified atom stereocenters. The Bertz CT molecular complexity index is 1570. The van der Waals surface area contributed by atoms with E-state index < -0.39 is 0 Å². The van der Waals surface area contributed by atoms with E-state index in [2.05, 4.69) is 63.8 Å². The number of para-hydroxylation sites is 1. The maximum absolute atomic E-state index is 4.85. The van der Waals surface area contributed by atoms with Gasteiger partial charge in [-0.3, -0.25) is 15.1 Å². The monoisotopic (exact) mass is 432 g/mol. The highest BCUT2D eigenvalue weighted by Gasteiger charge is 2.13. The van der Waals surface area contributed by atoms with Crippen LogP contribution in [0.3, 0.4) is 0 Å². The molecular weight excluding hydrogens is 408 g/mol. The van der Waals surface area contributed by atoms with Crippen LogP contribution in [0.4, 0.5) is 0 Å². The number of pyridine rings is 2. The van der Waals surface area contributed by atoms with Crippen LogP contribution in [0.15, 0.2) is 67.3 Å². The van der Waals surface area contributed by atoms with E-state index in [0.29, 0.717) is 11.5 Å². The minimum atomic E-state index is 0.683. The number of aryl methyl sites for hydroxylation is 1. The van der Waals surface area contributed by atoms with Crippen LogP contribution in [-0.4, -0.2) is 30.1 Å². The second kappa shape index (κ2) is 8.67. The van der Waals surface area contributed by atoms with Gasteiger partial charge in [0.15, 0.2) is 5.82 Å². The molecule has 6 heteroatoms. The summed E-state index contributed by atoms with van der Waals surface area (Å²) in [6, 6.07) is 12.2. The van der Waals surface area contributed by atoms with Crippen molar-refractivity contribution in [1.29, 1.82) is 0 Å². The van der Waals surface area contributed by atoms with E-state index in [1.54, 1.807) is 6.20 Å². The molecule has 5 rings (SSSR count). The van der Waals surface area contributed by atoms with Crippen molar-refractivity contribution in [2.75, 3.05) is 0 Å². The van der Waals surface area contributed by atoms with Gasteiger partial charge in [-0.2, -0.15) is 5.10 Å². The summed E-state index contributed by atoms with van der Waals surface area (Å²) >= 11 is 0. The molecule has 0 aliphatic rings. The molecule has 0 aliphatic heterocycles. The van der Waals surface area contributed by atoms with Crippen molar-refractivity contribution in [2.24, 2.45) is 0 Å². The zero-order valence-electron chi connectivity index (χ0n) is 18.6. The van der Waals surface area contributed by atoms with Gasteiger partial charge in [-0.05, 0) is 54.3 Å². The highest BCUT2D eigenvalue weighted by molar-refractivity contribution is 5.93. The standard InChI is InChI=1S/C27H24N6/c1-4-19-13-21(16-29-14-19)17(2)10-11-23-18(3)25(33-32-23)27-30-24-9-5-8-22(26(24)31-27)20-7-6-12-28-15-20/h5-16,32H,3-4H2,1-2H3,(H,30,31)/b17-10+,23-11+. The number of benzene rings is 1. The largest absolute Gasteiger partial charge is 0.337 e. The van der Waals surface area contributed by atoms with E-state index in [1.807, 2.05) is 48.9 Å². The summed E-state index contributed by atoms with van der Waals surface area (Å²) in [5, 5.41) is 9.23. The third-order valence-corrected chi connectivity index (χ3v) is 5.77. The van der Waals surface area contributed by atoms with E-state index in [4.69, 9.17) is 4.98 Å². The normalized spacial score (nSPS) is 12.5.